The van der Waals surface area contributed by atoms with E-state index in [1.807, 2.05) is 25.1 Å². The first-order chi connectivity index (χ1) is 11.5. The summed E-state index contributed by atoms with van der Waals surface area (Å²) in [5.41, 5.74) is 2.20. The molecule has 0 bridgehead atoms. The standard InChI is InChI=1S/C17H19ClN4O2/c1-11-3-4-13(9-14(11)18)21-16-10-15(19-12(2)20-16)17(23)22-5-7-24-8-6-22/h3-4,9-10H,5-8H2,1-2H3,(H,19,20,21). The lowest BCUT2D eigenvalue weighted by Crippen LogP contribution is -2.41. The number of hydrogen-bond acceptors (Lipinski definition) is 5. The van der Waals surface area contributed by atoms with E-state index < -0.39 is 0 Å². The van der Waals surface area contributed by atoms with E-state index in [4.69, 9.17) is 16.3 Å². The molecule has 0 spiro atoms. The molecule has 0 unspecified atom stereocenters. The predicted molar refractivity (Wildman–Crippen MR) is 93.0 cm³/mol. The topological polar surface area (TPSA) is 67.4 Å². The van der Waals surface area contributed by atoms with E-state index in [0.29, 0.717) is 48.7 Å². The highest BCUT2D eigenvalue weighted by Gasteiger charge is 2.20. The van der Waals surface area contributed by atoms with Crippen LogP contribution in [0.2, 0.25) is 5.02 Å². The van der Waals surface area contributed by atoms with Crippen LogP contribution in [-0.2, 0) is 4.74 Å². The van der Waals surface area contributed by atoms with Crippen molar-refractivity contribution in [2.45, 2.75) is 13.8 Å². The minimum atomic E-state index is -0.103. The molecule has 1 aliphatic rings. The number of carbonyl (C=O) groups excluding carboxylic acids is 1. The molecule has 3 rings (SSSR count). The van der Waals surface area contributed by atoms with Gasteiger partial charge in [0.2, 0.25) is 0 Å². The molecule has 1 aliphatic heterocycles. The lowest BCUT2D eigenvalue weighted by molar-refractivity contribution is 0.0299. The second-order valence-corrected chi connectivity index (χ2v) is 6.09. The van der Waals surface area contributed by atoms with E-state index in [0.717, 1.165) is 11.3 Å². The maximum Gasteiger partial charge on any atom is 0.272 e. The molecule has 2 heterocycles. The first-order valence-corrected chi connectivity index (χ1v) is 8.16. The number of nitrogens with one attached hydrogen (secondary N) is 1. The van der Waals surface area contributed by atoms with Gasteiger partial charge < -0.3 is 15.0 Å². The number of carbonyl (C=O) groups is 1. The normalized spacial score (nSPS) is 14.5. The number of aryl methyl sites for hydroxylation is 2. The molecule has 1 aromatic carbocycles. The van der Waals surface area contributed by atoms with E-state index in [-0.39, 0.29) is 5.91 Å². The lowest BCUT2D eigenvalue weighted by atomic mass is 10.2. The molecule has 1 saturated heterocycles. The van der Waals surface area contributed by atoms with E-state index >= 15 is 0 Å². The lowest BCUT2D eigenvalue weighted by Gasteiger charge is -2.26. The highest BCUT2D eigenvalue weighted by molar-refractivity contribution is 6.31. The highest BCUT2D eigenvalue weighted by Crippen LogP contribution is 2.23. The molecule has 1 aromatic heterocycles. The Bertz CT molecular complexity index is 760. The first-order valence-electron chi connectivity index (χ1n) is 7.79. The maximum atomic E-state index is 12.6. The third-order valence-corrected chi connectivity index (χ3v) is 4.21. The molecule has 0 radical (unpaired) electrons. The van der Waals surface area contributed by atoms with E-state index in [9.17, 15) is 4.79 Å². The van der Waals surface area contributed by atoms with Crippen LogP contribution in [0.1, 0.15) is 21.9 Å². The van der Waals surface area contributed by atoms with Gasteiger partial charge in [0.1, 0.15) is 17.3 Å². The number of amides is 1. The van der Waals surface area contributed by atoms with Crippen LogP contribution in [-0.4, -0.2) is 47.1 Å². The summed E-state index contributed by atoms with van der Waals surface area (Å²) >= 11 is 6.15. The zero-order valence-electron chi connectivity index (χ0n) is 13.7. The van der Waals surface area contributed by atoms with Gasteiger partial charge in [0.05, 0.1) is 13.2 Å². The van der Waals surface area contributed by atoms with Crippen LogP contribution in [0.3, 0.4) is 0 Å². The molecular formula is C17H19ClN4O2. The molecule has 126 valence electrons. The van der Waals surface area contributed by atoms with Gasteiger partial charge in [-0.15, -0.1) is 0 Å². The molecule has 7 heteroatoms. The Morgan fingerprint density at radius 2 is 1.96 bits per heavy atom. The summed E-state index contributed by atoms with van der Waals surface area (Å²) in [6, 6.07) is 7.34. The monoisotopic (exact) mass is 346 g/mol. The number of morpholine rings is 1. The van der Waals surface area contributed by atoms with Crippen LogP contribution < -0.4 is 5.32 Å². The number of ether oxygens (including phenoxy) is 1. The van der Waals surface area contributed by atoms with Crippen LogP contribution in [0.5, 0.6) is 0 Å². The quantitative estimate of drug-likeness (QED) is 0.925. The van der Waals surface area contributed by atoms with Crippen molar-refractivity contribution in [1.82, 2.24) is 14.9 Å². The highest BCUT2D eigenvalue weighted by atomic mass is 35.5. The summed E-state index contributed by atoms with van der Waals surface area (Å²) in [5, 5.41) is 3.86. The third-order valence-electron chi connectivity index (χ3n) is 3.80. The Balaban J connectivity index is 1.82. The number of nitrogens with zero attached hydrogens (tertiary/aromatic N) is 3. The van der Waals surface area contributed by atoms with Gasteiger partial charge in [0, 0.05) is 29.9 Å². The van der Waals surface area contributed by atoms with Crippen LogP contribution in [0, 0.1) is 13.8 Å². The van der Waals surface area contributed by atoms with Gasteiger partial charge in [-0.05, 0) is 31.5 Å². The average molecular weight is 347 g/mol. The average Bonchev–Trinajstić information content (AvgIpc) is 2.58. The van der Waals surface area contributed by atoms with Gasteiger partial charge in [0.25, 0.3) is 5.91 Å². The summed E-state index contributed by atoms with van der Waals surface area (Å²) in [7, 11) is 0. The fourth-order valence-electron chi connectivity index (χ4n) is 2.49. The van der Waals surface area contributed by atoms with E-state index in [2.05, 4.69) is 15.3 Å². The van der Waals surface area contributed by atoms with Crippen molar-refractivity contribution in [2.75, 3.05) is 31.6 Å². The first kappa shape index (κ1) is 16.7. The molecule has 0 atom stereocenters. The largest absolute Gasteiger partial charge is 0.378 e. The van der Waals surface area contributed by atoms with Crippen LogP contribution in [0.25, 0.3) is 0 Å². The second-order valence-electron chi connectivity index (χ2n) is 5.68. The maximum absolute atomic E-state index is 12.6. The number of halogens is 1. The fourth-order valence-corrected chi connectivity index (χ4v) is 2.67. The van der Waals surface area contributed by atoms with E-state index in [1.165, 1.54) is 0 Å². The summed E-state index contributed by atoms with van der Waals surface area (Å²) in [6.45, 7) is 5.99. The summed E-state index contributed by atoms with van der Waals surface area (Å²) in [6.07, 6.45) is 0. The minimum Gasteiger partial charge on any atom is -0.378 e. The van der Waals surface area contributed by atoms with Crippen molar-refractivity contribution in [2.24, 2.45) is 0 Å². The molecule has 0 saturated carbocycles. The van der Waals surface area contributed by atoms with Crippen LogP contribution in [0.15, 0.2) is 24.3 Å². The smallest absolute Gasteiger partial charge is 0.272 e. The Morgan fingerprint density at radius 3 is 2.67 bits per heavy atom. The second kappa shape index (κ2) is 7.15. The van der Waals surface area contributed by atoms with Crippen molar-refractivity contribution in [3.63, 3.8) is 0 Å². The van der Waals surface area contributed by atoms with E-state index in [1.54, 1.807) is 17.9 Å². The number of benzene rings is 1. The fraction of sp³-hybridized carbons (Fsp3) is 0.353. The van der Waals surface area contributed by atoms with Crippen molar-refractivity contribution >= 4 is 29.0 Å². The van der Waals surface area contributed by atoms with Gasteiger partial charge in [-0.2, -0.15) is 0 Å². The molecule has 1 N–H and O–H groups in total. The van der Waals surface area contributed by atoms with Gasteiger partial charge in [-0.25, -0.2) is 9.97 Å². The molecule has 1 fully saturated rings. The summed E-state index contributed by atoms with van der Waals surface area (Å²) in [5.74, 6) is 1.00. The number of aromatic nitrogens is 2. The summed E-state index contributed by atoms with van der Waals surface area (Å²) in [4.78, 5) is 23.0. The molecule has 1 amide bonds. The Labute approximate surface area is 145 Å². The summed E-state index contributed by atoms with van der Waals surface area (Å²) < 4.78 is 5.28. The molecule has 2 aromatic rings. The minimum absolute atomic E-state index is 0.103. The third kappa shape index (κ3) is 3.83. The number of hydrogen-bond donors (Lipinski definition) is 1. The van der Waals surface area contributed by atoms with Crippen molar-refractivity contribution < 1.29 is 9.53 Å². The Morgan fingerprint density at radius 1 is 1.21 bits per heavy atom. The van der Waals surface area contributed by atoms with Crippen molar-refractivity contribution in [3.05, 3.63) is 46.4 Å². The number of anilines is 2. The van der Waals surface area contributed by atoms with Gasteiger partial charge in [-0.1, -0.05) is 17.7 Å². The molecule has 6 nitrogen and oxygen atoms in total. The Kier molecular flexibility index (Phi) is 4.97. The van der Waals surface area contributed by atoms with Crippen LogP contribution >= 0.6 is 11.6 Å². The zero-order valence-corrected chi connectivity index (χ0v) is 14.4. The zero-order chi connectivity index (χ0) is 17.1. The van der Waals surface area contributed by atoms with Gasteiger partial charge in [-0.3, -0.25) is 4.79 Å². The Hall–Kier alpha value is -2.18. The van der Waals surface area contributed by atoms with Gasteiger partial charge >= 0.3 is 0 Å². The molecule has 0 aliphatic carbocycles. The number of rotatable bonds is 3. The molecular weight excluding hydrogens is 328 g/mol. The van der Waals surface area contributed by atoms with Crippen molar-refractivity contribution in [1.29, 1.82) is 0 Å². The SMILES string of the molecule is Cc1nc(Nc2ccc(C)c(Cl)c2)cc(C(=O)N2CCOCC2)n1. The van der Waals surface area contributed by atoms with Crippen molar-refractivity contribution in [3.8, 4) is 0 Å². The molecule has 24 heavy (non-hydrogen) atoms. The predicted octanol–water partition coefficient (Wildman–Crippen LogP) is 2.96. The van der Waals surface area contributed by atoms with Gasteiger partial charge in [0.15, 0.2) is 0 Å². The van der Waals surface area contributed by atoms with Crippen LogP contribution in [0.4, 0.5) is 11.5 Å².